The number of hydrogen-bond acceptors (Lipinski definition) is 4. The van der Waals surface area contributed by atoms with Gasteiger partial charge in [0.15, 0.2) is 0 Å². The van der Waals surface area contributed by atoms with Crippen molar-refractivity contribution in [3.63, 3.8) is 0 Å². The van der Waals surface area contributed by atoms with Crippen LogP contribution in [0.3, 0.4) is 0 Å². The summed E-state index contributed by atoms with van der Waals surface area (Å²) >= 11 is 0. The summed E-state index contributed by atoms with van der Waals surface area (Å²) in [7, 11) is 0. The summed E-state index contributed by atoms with van der Waals surface area (Å²) in [4.78, 5) is 12.6. The molecule has 0 aromatic heterocycles. The molecule has 0 aliphatic heterocycles. The summed E-state index contributed by atoms with van der Waals surface area (Å²) in [5.74, 6) is 1.80. The van der Waals surface area contributed by atoms with Crippen LogP contribution >= 0.6 is 0 Å². The van der Waals surface area contributed by atoms with Crippen molar-refractivity contribution in [3.05, 3.63) is 47.0 Å². The average molecular weight is 422 g/mol. The number of nitrogens with zero attached hydrogens (tertiary/aromatic N) is 1. The van der Waals surface area contributed by atoms with E-state index in [0.29, 0.717) is 23.3 Å². The van der Waals surface area contributed by atoms with Gasteiger partial charge in [-0.2, -0.15) is 0 Å². The SMILES string of the molecule is Cc1ccc(C(=O)O[C@H]2CC[C@@]3(C)C(=CCC4C3CC[C@]3(C)C(=NO)CCC43)C2)cc1. The van der Waals surface area contributed by atoms with Gasteiger partial charge in [0, 0.05) is 11.8 Å². The summed E-state index contributed by atoms with van der Waals surface area (Å²) in [6.45, 7) is 6.82. The Morgan fingerprint density at radius 2 is 1.77 bits per heavy atom. The van der Waals surface area contributed by atoms with Crippen LogP contribution in [0.15, 0.2) is 41.1 Å². The predicted octanol–water partition coefficient (Wildman–Crippen LogP) is 6.31. The monoisotopic (exact) mass is 421 g/mol. The molecule has 0 saturated heterocycles. The fraction of sp³-hybridized carbons (Fsp3) is 0.630. The van der Waals surface area contributed by atoms with Gasteiger partial charge in [-0.1, -0.05) is 48.3 Å². The van der Waals surface area contributed by atoms with Crippen LogP contribution in [0.1, 0.15) is 81.1 Å². The molecule has 0 spiro atoms. The third-order valence-corrected chi connectivity index (χ3v) is 9.48. The standard InChI is InChI=1S/C27H35NO3/c1-17-4-6-18(7-5-17)25(29)31-20-12-14-26(2)19(16-20)8-9-21-22-10-11-24(28-30)27(22,3)15-13-23(21)26/h4-8,20-23,30H,9-16H2,1-3H3/t20-,21?,22?,23?,26-,27-/m0/s1. The van der Waals surface area contributed by atoms with E-state index in [2.05, 4.69) is 25.1 Å². The number of fused-ring (bicyclic) bond motifs is 5. The molecule has 0 amide bonds. The molecule has 166 valence electrons. The number of carbonyl (C=O) groups excluding carboxylic acids is 1. The van der Waals surface area contributed by atoms with E-state index < -0.39 is 0 Å². The van der Waals surface area contributed by atoms with Crippen molar-refractivity contribution in [2.24, 2.45) is 33.7 Å². The Labute approximate surface area is 185 Å². The van der Waals surface area contributed by atoms with Crippen LogP contribution in [0.2, 0.25) is 0 Å². The Bertz CT molecular complexity index is 932. The second-order valence-corrected chi connectivity index (χ2v) is 10.9. The molecule has 1 N–H and O–H groups in total. The first-order valence-electron chi connectivity index (χ1n) is 12.0. The number of benzene rings is 1. The summed E-state index contributed by atoms with van der Waals surface area (Å²) in [6, 6.07) is 7.65. The highest BCUT2D eigenvalue weighted by atomic mass is 16.5. The molecule has 4 aliphatic rings. The third-order valence-electron chi connectivity index (χ3n) is 9.48. The fourth-order valence-corrected chi connectivity index (χ4v) is 7.59. The van der Waals surface area contributed by atoms with Crippen molar-refractivity contribution < 1.29 is 14.7 Å². The maximum Gasteiger partial charge on any atom is 0.338 e. The van der Waals surface area contributed by atoms with E-state index in [4.69, 9.17) is 4.74 Å². The first kappa shape index (κ1) is 20.8. The van der Waals surface area contributed by atoms with Crippen LogP contribution in [0.25, 0.3) is 0 Å². The van der Waals surface area contributed by atoms with Crippen LogP contribution in [-0.2, 0) is 4.74 Å². The number of carbonyl (C=O) groups is 1. The van der Waals surface area contributed by atoms with Gasteiger partial charge in [-0.15, -0.1) is 0 Å². The summed E-state index contributed by atoms with van der Waals surface area (Å²) in [5.41, 5.74) is 4.64. The van der Waals surface area contributed by atoms with Gasteiger partial charge in [0.2, 0.25) is 0 Å². The molecule has 4 nitrogen and oxygen atoms in total. The minimum Gasteiger partial charge on any atom is -0.458 e. The topological polar surface area (TPSA) is 58.9 Å². The molecule has 4 aliphatic carbocycles. The Morgan fingerprint density at radius 3 is 2.52 bits per heavy atom. The van der Waals surface area contributed by atoms with E-state index in [1.165, 1.54) is 12.0 Å². The second kappa shape index (κ2) is 7.50. The van der Waals surface area contributed by atoms with E-state index in [1.807, 2.05) is 31.2 Å². The second-order valence-electron chi connectivity index (χ2n) is 10.9. The number of esters is 1. The quantitative estimate of drug-likeness (QED) is 0.263. The zero-order valence-corrected chi connectivity index (χ0v) is 19.1. The maximum atomic E-state index is 12.6. The van der Waals surface area contributed by atoms with Crippen LogP contribution < -0.4 is 0 Å². The highest BCUT2D eigenvalue weighted by Gasteiger charge is 2.58. The van der Waals surface area contributed by atoms with Crippen molar-refractivity contribution in [2.75, 3.05) is 0 Å². The Balaban J connectivity index is 1.32. The number of allylic oxidation sites excluding steroid dienone is 1. The molecule has 5 rings (SSSR count). The van der Waals surface area contributed by atoms with Crippen molar-refractivity contribution in [1.82, 2.24) is 0 Å². The molecule has 1 aromatic carbocycles. The Kier molecular flexibility index (Phi) is 5.02. The maximum absolute atomic E-state index is 12.6. The number of aryl methyl sites for hydroxylation is 1. The van der Waals surface area contributed by atoms with Crippen molar-refractivity contribution in [3.8, 4) is 0 Å². The molecule has 3 saturated carbocycles. The molecule has 6 atom stereocenters. The molecule has 31 heavy (non-hydrogen) atoms. The minimum absolute atomic E-state index is 0.0156. The molecule has 3 unspecified atom stereocenters. The summed E-state index contributed by atoms with van der Waals surface area (Å²) in [6.07, 6.45) is 10.9. The molecule has 0 heterocycles. The Morgan fingerprint density at radius 1 is 1.06 bits per heavy atom. The average Bonchev–Trinajstić information content (AvgIpc) is 3.10. The lowest BCUT2D eigenvalue weighted by molar-refractivity contribution is -0.0287. The molecule has 4 heteroatoms. The highest BCUT2D eigenvalue weighted by molar-refractivity contribution is 5.92. The fourth-order valence-electron chi connectivity index (χ4n) is 7.59. The van der Waals surface area contributed by atoms with E-state index in [0.717, 1.165) is 56.2 Å². The van der Waals surface area contributed by atoms with Crippen molar-refractivity contribution in [2.45, 2.75) is 78.2 Å². The van der Waals surface area contributed by atoms with E-state index in [-0.39, 0.29) is 22.9 Å². The van der Waals surface area contributed by atoms with E-state index >= 15 is 0 Å². The van der Waals surface area contributed by atoms with Crippen LogP contribution in [-0.4, -0.2) is 23.0 Å². The predicted molar refractivity (Wildman–Crippen MR) is 121 cm³/mol. The van der Waals surface area contributed by atoms with Gasteiger partial charge in [0.1, 0.15) is 6.10 Å². The van der Waals surface area contributed by atoms with Gasteiger partial charge in [-0.3, -0.25) is 0 Å². The van der Waals surface area contributed by atoms with Gasteiger partial charge in [-0.05, 0) is 87.2 Å². The third kappa shape index (κ3) is 3.25. The minimum atomic E-state index is -0.196. The molecule has 1 aromatic rings. The number of ether oxygens (including phenoxy) is 1. The first-order valence-corrected chi connectivity index (χ1v) is 12.0. The number of hydrogen-bond donors (Lipinski definition) is 1. The lowest BCUT2D eigenvalue weighted by atomic mass is 9.48. The van der Waals surface area contributed by atoms with Crippen LogP contribution in [0.4, 0.5) is 0 Å². The van der Waals surface area contributed by atoms with Gasteiger partial charge >= 0.3 is 5.97 Å². The first-order chi connectivity index (χ1) is 14.8. The number of rotatable bonds is 2. The lowest BCUT2D eigenvalue weighted by Gasteiger charge is -2.57. The zero-order chi connectivity index (χ0) is 21.8. The molecule has 3 fully saturated rings. The summed E-state index contributed by atoms with van der Waals surface area (Å²) in [5, 5.41) is 13.2. The van der Waals surface area contributed by atoms with Gasteiger partial charge in [-0.25, -0.2) is 4.79 Å². The van der Waals surface area contributed by atoms with E-state index in [1.54, 1.807) is 0 Å². The van der Waals surface area contributed by atoms with Gasteiger partial charge in [0.25, 0.3) is 0 Å². The van der Waals surface area contributed by atoms with Crippen LogP contribution in [0, 0.1) is 35.5 Å². The van der Waals surface area contributed by atoms with Crippen molar-refractivity contribution >= 4 is 11.7 Å². The summed E-state index contributed by atoms with van der Waals surface area (Å²) < 4.78 is 5.94. The molecule has 0 bridgehead atoms. The Hall–Kier alpha value is -2.10. The van der Waals surface area contributed by atoms with Crippen molar-refractivity contribution in [1.29, 1.82) is 0 Å². The van der Waals surface area contributed by atoms with Gasteiger partial charge < -0.3 is 9.94 Å². The highest BCUT2D eigenvalue weighted by Crippen LogP contribution is 2.64. The molecule has 0 radical (unpaired) electrons. The zero-order valence-electron chi connectivity index (χ0n) is 19.1. The van der Waals surface area contributed by atoms with Gasteiger partial charge in [0.05, 0.1) is 11.3 Å². The normalized spacial score (nSPS) is 40.5. The van der Waals surface area contributed by atoms with E-state index in [9.17, 15) is 10.0 Å². The lowest BCUT2D eigenvalue weighted by Crippen LogP contribution is -2.50. The molecular weight excluding hydrogens is 386 g/mol. The number of oxime groups is 1. The molecular formula is C27H35NO3. The van der Waals surface area contributed by atoms with Crippen LogP contribution in [0.5, 0.6) is 0 Å². The largest absolute Gasteiger partial charge is 0.458 e. The smallest absolute Gasteiger partial charge is 0.338 e.